The Balaban J connectivity index is 1.56. The first-order chi connectivity index (χ1) is 16.0. The monoisotopic (exact) mass is 475 g/mol. The largest absolute Gasteiger partial charge is 0.493 e. The summed E-state index contributed by atoms with van der Waals surface area (Å²) in [6.07, 6.45) is 1.06. The molecule has 2 aromatic rings. The van der Waals surface area contributed by atoms with Gasteiger partial charge in [0, 0.05) is 25.7 Å². The van der Waals surface area contributed by atoms with E-state index in [1.807, 2.05) is 24.3 Å². The van der Waals surface area contributed by atoms with Crippen molar-refractivity contribution >= 4 is 27.3 Å². The van der Waals surface area contributed by atoms with E-state index in [9.17, 15) is 13.2 Å². The number of nitrogens with one attached hydrogen (secondary N) is 1. The van der Waals surface area contributed by atoms with E-state index in [0.29, 0.717) is 43.2 Å². The summed E-state index contributed by atoms with van der Waals surface area (Å²) in [5, 5.41) is 2.97. The van der Waals surface area contributed by atoms with Gasteiger partial charge in [-0.1, -0.05) is 12.1 Å². The number of methoxy groups -OCH3 is 2. The fraction of sp³-hybridized carbons (Fsp3) is 0.435. The Morgan fingerprint density at radius 1 is 1.03 bits per heavy atom. The van der Waals surface area contributed by atoms with Gasteiger partial charge in [-0.3, -0.25) is 4.79 Å². The molecule has 9 nitrogen and oxygen atoms in total. The fourth-order valence-corrected chi connectivity index (χ4v) is 5.95. The SMILES string of the molecule is COc1ccc(S(=O)(=O)N2CCCC2C(=O)Nc2ccccc2N2CCOCC2)cc1OC. The molecule has 0 saturated carbocycles. The Morgan fingerprint density at radius 3 is 2.48 bits per heavy atom. The summed E-state index contributed by atoms with van der Waals surface area (Å²) in [5.74, 6) is 0.419. The first kappa shape index (κ1) is 23.3. The van der Waals surface area contributed by atoms with Crippen molar-refractivity contribution in [1.82, 2.24) is 4.31 Å². The molecule has 0 bridgehead atoms. The number of para-hydroxylation sites is 2. The van der Waals surface area contributed by atoms with Gasteiger partial charge in [0.1, 0.15) is 6.04 Å². The summed E-state index contributed by atoms with van der Waals surface area (Å²) in [6.45, 7) is 3.00. The highest BCUT2D eigenvalue weighted by Crippen LogP contribution is 2.34. The van der Waals surface area contributed by atoms with Gasteiger partial charge in [-0.2, -0.15) is 4.31 Å². The van der Waals surface area contributed by atoms with Gasteiger partial charge in [-0.25, -0.2) is 8.42 Å². The normalized spacial score (nSPS) is 19.3. The van der Waals surface area contributed by atoms with Crippen LogP contribution >= 0.6 is 0 Å². The Bertz CT molecular complexity index is 1100. The lowest BCUT2D eigenvalue weighted by atomic mass is 10.2. The average molecular weight is 476 g/mol. The third kappa shape index (κ3) is 4.78. The molecule has 0 radical (unpaired) electrons. The van der Waals surface area contributed by atoms with E-state index < -0.39 is 16.1 Å². The number of hydrogen-bond acceptors (Lipinski definition) is 7. The molecule has 1 unspecified atom stereocenters. The van der Waals surface area contributed by atoms with Gasteiger partial charge in [0.15, 0.2) is 11.5 Å². The smallest absolute Gasteiger partial charge is 0.243 e. The maximum Gasteiger partial charge on any atom is 0.243 e. The zero-order valence-electron chi connectivity index (χ0n) is 18.8. The molecule has 1 amide bonds. The van der Waals surface area contributed by atoms with Crippen molar-refractivity contribution in [3.63, 3.8) is 0 Å². The number of rotatable bonds is 7. The Hall–Kier alpha value is -2.82. The molecule has 10 heteroatoms. The second kappa shape index (κ2) is 9.98. The minimum Gasteiger partial charge on any atom is -0.493 e. The molecule has 0 aromatic heterocycles. The standard InChI is InChI=1S/C23H29N3O6S/c1-30-21-10-9-17(16-22(21)31-2)33(28,29)26-11-5-8-20(26)23(27)24-18-6-3-4-7-19(18)25-12-14-32-15-13-25/h3-4,6-7,9-10,16,20H,5,8,11-15H2,1-2H3,(H,24,27). The topological polar surface area (TPSA) is 97.4 Å². The maximum atomic E-state index is 13.4. The highest BCUT2D eigenvalue weighted by atomic mass is 32.2. The summed E-state index contributed by atoms with van der Waals surface area (Å²) in [5.41, 5.74) is 1.57. The second-order valence-electron chi connectivity index (χ2n) is 7.90. The molecule has 178 valence electrons. The van der Waals surface area contributed by atoms with Crippen molar-refractivity contribution in [2.24, 2.45) is 0 Å². The lowest BCUT2D eigenvalue weighted by molar-refractivity contribution is -0.119. The van der Waals surface area contributed by atoms with Crippen molar-refractivity contribution in [1.29, 1.82) is 0 Å². The molecule has 2 saturated heterocycles. The van der Waals surface area contributed by atoms with Gasteiger partial charge in [0.2, 0.25) is 15.9 Å². The Labute approximate surface area is 194 Å². The molecule has 2 aliphatic heterocycles. The lowest BCUT2D eigenvalue weighted by Crippen LogP contribution is -2.43. The number of anilines is 2. The molecule has 2 heterocycles. The van der Waals surface area contributed by atoms with Gasteiger partial charge in [-0.15, -0.1) is 0 Å². The molecular formula is C23H29N3O6S. The summed E-state index contributed by atoms with van der Waals surface area (Å²) in [4.78, 5) is 15.5. The third-order valence-electron chi connectivity index (χ3n) is 5.98. The van der Waals surface area contributed by atoms with E-state index in [-0.39, 0.29) is 17.3 Å². The van der Waals surface area contributed by atoms with Crippen molar-refractivity contribution < 1.29 is 27.4 Å². The van der Waals surface area contributed by atoms with Crippen molar-refractivity contribution in [3.8, 4) is 11.5 Å². The summed E-state index contributed by atoms with van der Waals surface area (Å²) in [7, 11) is -0.965. The van der Waals surface area contributed by atoms with Crippen LogP contribution in [-0.4, -0.2) is 71.7 Å². The van der Waals surface area contributed by atoms with E-state index >= 15 is 0 Å². The quantitative estimate of drug-likeness (QED) is 0.656. The number of carbonyl (C=O) groups is 1. The van der Waals surface area contributed by atoms with Gasteiger partial charge in [0.05, 0.1) is 43.7 Å². The molecule has 0 spiro atoms. The van der Waals surface area contributed by atoms with Crippen LogP contribution in [0.2, 0.25) is 0 Å². The first-order valence-electron chi connectivity index (χ1n) is 10.9. The van der Waals surface area contributed by atoms with Crippen LogP contribution in [0.3, 0.4) is 0 Å². The average Bonchev–Trinajstić information content (AvgIpc) is 3.36. The van der Waals surface area contributed by atoms with Crippen LogP contribution in [0.25, 0.3) is 0 Å². The predicted molar refractivity (Wildman–Crippen MR) is 125 cm³/mol. The van der Waals surface area contributed by atoms with Crippen LogP contribution in [0, 0.1) is 0 Å². The number of ether oxygens (including phenoxy) is 3. The lowest BCUT2D eigenvalue weighted by Gasteiger charge is -2.31. The van der Waals surface area contributed by atoms with E-state index in [0.717, 1.165) is 18.8 Å². The van der Waals surface area contributed by atoms with Crippen LogP contribution in [-0.2, 0) is 19.6 Å². The number of benzene rings is 2. The number of amides is 1. The molecule has 2 fully saturated rings. The molecule has 0 aliphatic carbocycles. The minimum absolute atomic E-state index is 0.0635. The van der Waals surface area contributed by atoms with Crippen LogP contribution in [0.4, 0.5) is 11.4 Å². The fourth-order valence-electron chi connectivity index (χ4n) is 4.28. The number of carbonyl (C=O) groups excluding carboxylic acids is 1. The van der Waals surface area contributed by atoms with Crippen molar-refractivity contribution in [2.75, 3.05) is 57.3 Å². The van der Waals surface area contributed by atoms with Crippen LogP contribution < -0.4 is 19.7 Å². The molecule has 1 N–H and O–H groups in total. The summed E-state index contributed by atoms with van der Waals surface area (Å²) >= 11 is 0. The van der Waals surface area contributed by atoms with E-state index in [2.05, 4.69) is 10.2 Å². The number of morpholine rings is 1. The maximum absolute atomic E-state index is 13.4. The number of sulfonamides is 1. The minimum atomic E-state index is -3.90. The molecule has 1 atom stereocenters. The molecule has 2 aromatic carbocycles. The number of hydrogen-bond donors (Lipinski definition) is 1. The van der Waals surface area contributed by atoms with E-state index in [4.69, 9.17) is 14.2 Å². The molecular weight excluding hydrogens is 446 g/mol. The molecule has 4 rings (SSSR count). The van der Waals surface area contributed by atoms with E-state index in [1.165, 1.54) is 30.7 Å². The molecule has 33 heavy (non-hydrogen) atoms. The number of nitrogens with zero attached hydrogens (tertiary/aromatic N) is 2. The Kier molecular flexibility index (Phi) is 7.06. The van der Waals surface area contributed by atoms with Gasteiger partial charge >= 0.3 is 0 Å². The van der Waals surface area contributed by atoms with Gasteiger partial charge in [-0.05, 0) is 37.1 Å². The zero-order valence-corrected chi connectivity index (χ0v) is 19.6. The summed E-state index contributed by atoms with van der Waals surface area (Å²) in [6, 6.07) is 11.2. The summed E-state index contributed by atoms with van der Waals surface area (Å²) < 4.78 is 44.0. The van der Waals surface area contributed by atoms with Crippen LogP contribution in [0.15, 0.2) is 47.4 Å². The second-order valence-corrected chi connectivity index (χ2v) is 9.79. The van der Waals surface area contributed by atoms with Crippen molar-refractivity contribution in [2.45, 2.75) is 23.8 Å². The van der Waals surface area contributed by atoms with Gasteiger partial charge in [0.25, 0.3) is 0 Å². The highest BCUT2D eigenvalue weighted by molar-refractivity contribution is 7.89. The predicted octanol–water partition coefficient (Wildman–Crippen LogP) is 2.33. The third-order valence-corrected chi connectivity index (χ3v) is 7.89. The van der Waals surface area contributed by atoms with Gasteiger partial charge < -0.3 is 24.4 Å². The first-order valence-corrected chi connectivity index (χ1v) is 12.4. The van der Waals surface area contributed by atoms with Crippen molar-refractivity contribution in [3.05, 3.63) is 42.5 Å². The van der Waals surface area contributed by atoms with Crippen LogP contribution in [0.5, 0.6) is 11.5 Å². The van der Waals surface area contributed by atoms with E-state index in [1.54, 1.807) is 6.07 Å². The Morgan fingerprint density at radius 2 is 1.76 bits per heavy atom. The van der Waals surface area contributed by atoms with Crippen LogP contribution in [0.1, 0.15) is 12.8 Å². The highest BCUT2D eigenvalue weighted by Gasteiger charge is 2.40. The zero-order chi connectivity index (χ0) is 23.4. The molecule has 2 aliphatic rings.